The highest BCUT2D eigenvalue weighted by Crippen LogP contribution is 1.98. The first-order valence-electron chi connectivity index (χ1n) is 4.87. The standard InChI is InChI=1S/C10H19N3O/c1-5-12(4)10(14)8-13(7-6-11)9(2)3/h9H,5,7-8H2,1-4H3. The number of carbonyl (C=O) groups excluding carboxylic acids is 1. The lowest BCUT2D eigenvalue weighted by Crippen LogP contribution is -2.41. The van der Waals surface area contributed by atoms with E-state index in [-0.39, 0.29) is 11.9 Å². The highest BCUT2D eigenvalue weighted by molar-refractivity contribution is 5.77. The van der Waals surface area contributed by atoms with Gasteiger partial charge >= 0.3 is 0 Å². The number of nitriles is 1. The summed E-state index contributed by atoms with van der Waals surface area (Å²) >= 11 is 0. The van der Waals surface area contributed by atoms with Crippen molar-refractivity contribution in [2.45, 2.75) is 26.8 Å². The lowest BCUT2D eigenvalue weighted by atomic mass is 10.3. The van der Waals surface area contributed by atoms with Gasteiger partial charge in [-0.3, -0.25) is 9.69 Å². The minimum atomic E-state index is 0.0662. The van der Waals surface area contributed by atoms with Gasteiger partial charge in [0.2, 0.25) is 5.91 Å². The second-order valence-electron chi connectivity index (χ2n) is 3.56. The maximum absolute atomic E-state index is 11.5. The van der Waals surface area contributed by atoms with E-state index in [0.29, 0.717) is 19.6 Å². The predicted molar refractivity (Wildman–Crippen MR) is 55.6 cm³/mol. The number of hydrogen-bond donors (Lipinski definition) is 0. The van der Waals surface area contributed by atoms with Crippen molar-refractivity contribution >= 4 is 5.91 Å². The van der Waals surface area contributed by atoms with Crippen molar-refractivity contribution in [1.29, 1.82) is 5.26 Å². The van der Waals surface area contributed by atoms with Crippen LogP contribution in [0.4, 0.5) is 0 Å². The Morgan fingerprint density at radius 1 is 1.50 bits per heavy atom. The second-order valence-corrected chi connectivity index (χ2v) is 3.56. The van der Waals surface area contributed by atoms with E-state index in [1.165, 1.54) is 0 Å². The molecule has 80 valence electrons. The highest BCUT2D eigenvalue weighted by Gasteiger charge is 2.15. The van der Waals surface area contributed by atoms with E-state index in [4.69, 9.17) is 5.26 Å². The number of amides is 1. The van der Waals surface area contributed by atoms with Gasteiger partial charge in [-0.15, -0.1) is 0 Å². The van der Waals surface area contributed by atoms with E-state index < -0.39 is 0 Å². The monoisotopic (exact) mass is 197 g/mol. The molecule has 1 amide bonds. The van der Waals surface area contributed by atoms with Crippen LogP contribution in [0.3, 0.4) is 0 Å². The molecule has 0 unspecified atom stereocenters. The third-order valence-electron chi connectivity index (χ3n) is 2.24. The van der Waals surface area contributed by atoms with Gasteiger partial charge in [-0.05, 0) is 20.8 Å². The number of rotatable bonds is 5. The molecule has 0 atom stereocenters. The van der Waals surface area contributed by atoms with Crippen LogP contribution in [0.25, 0.3) is 0 Å². The van der Waals surface area contributed by atoms with Crippen LogP contribution in [-0.4, -0.2) is 48.4 Å². The quantitative estimate of drug-likeness (QED) is 0.609. The summed E-state index contributed by atoms with van der Waals surface area (Å²) in [6.07, 6.45) is 0. The van der Waals surface area contributed by atoms with Crippen LogP contribution in [0.1, 0.15) is 20.8 Å². The molecule has 0 aromatic heterocycles. The molecular weight excluding hydrogens is 178 g/mol. The molecule has 0 aromatic carbocycles. The van der Waals surface area contributed by atoms with E-state index >= 15 is 0 Å². The minimum Gasteiger partial charge on any atom is -0.345 e. The average molecular weight is 197 g/mol. The Bertz CT molecular complexity index is 220. The Kier molecular flexibility index (Phi) is 5.89. The zero-order chi connectivity index (χ0) is 11.1. The van der Waals surface area contributed by atoms with E-state index in [1.807, 2.05) is 25.7 Å². The van der Waals surface area contributed by atoms with E-state index in [1.54, 1.807) is 11.9 Å². The molecule has 4 nitrogen and oxygen atoms in total. The SMILES string of the molecule is CCN(C)C(=O)CN(CC#N)C(C)C. The summed E-state index contributed by atoms with van der Waals surface area (Å²) in [5.74, 6) is 0.0662. The maximum atomic E-state index is 11.5. The van der Waals surface area contributed by atoms with Gasteiger partial charge in [0.05, 0.1) is 19.2 Å². The lowest BCUT2D eigenvalue weighted by Gasteiger charge is -2.25. The molecule has 0 aliphatic rings. The summed E-state index contributed by atoms with van der Waals surface area (Å²) in [6, 6.07) is 2.29. The molecule has 14 heavy (non-hydrogen) atoms. The Balaban J connectivity index is 4.17. The van der Waals surface area contributed by atoms with Gasteiger partial charge in [0.15, 0.2) is 0 Å². The predicted octanol–water partition coefficient (Wildman–Crippen LogP) is 0.699. The lowest BCUT2D eigenvalue weighted by molar-refractivity contribution is -0.131. The van der Waals surface area contributed by atoms with Gasteiger partial charge in [0.25, 0.3) is 0 Å². The number of likely N-dealkylation sites (N-methyl/N-ethyl adjacent to an activating group) is 1. The average Bonchev–Trinajstić information content (AvgIpc) is 2.15. The van der Waals surface area contributed by atoms with Crippen LogP contribution in [0.2, 0.25) is 0 Å². The summed E-state index contributed by atoms with van der Waals surface area (Å²) in [5, 5.41) is 8.58. The first-order chi connectivity index (χ1) is 6.52. The van der Waals surface area contributed by atoms with Crippen molar-refractivity contribution in [3.05, 3.63) is 0 Å². The van der Waals surface area contributed by atoms with Crippen LogP contribution in [0.5, 0.6) is 0 Å². The molecule has 0 spiro atoms. The van der Waals surface area contributed by atoms with Gasteiger partial charge in [0, 0.05) is 19.6 Å². The van der Waals surface area contributed by atoms with Gasteiger partial charge in [-0.25, -0.2) is 0 Å². The molecule has 4 heteroatoms. The molecule has 0 heterocycles. The van der Waals surface area contributed by atoms with Gasteiger partial charge < -0.3 is 4.90 Å². The molecule has 0 saturated carbocycles. The highest BCUT2D eigenvalue weighted by atomic mass is 16.2. The first kappa shape index (κ1) is 12.9. The van der Waals surface area contributed by atoms with Crippen LogP contribution < -0.4 is 0 Å². The molecule has 0 radical (unpaired) electrons. The van der Waals surface area contributed by atoms with E-state index in [9.17, 15) is 4.79 Å². The molecule has 0 rings (SSSR count). The Labute approximate surface area is 86.1 Å². The van der Waals surface area contributed by atoms with E-state index in [2.05, 4.69) is 6.07 Å². The fourth-order valence-corrected chi connectivity index (χ4v) is 0.983. The van der Waals surface area contributed by atoms with Crippen molar-refractivity contribution in [1.82, 2.24) is 9.80 Å². The van der Waals surface area contributed by atoms with Crippen molar-refractivity contribution in [2.75, 3.05) is 26.7 Å². The summed E-state index contributed by atoms with van der Waals surface area (Å²) < 4.78 is 0. The fraction of sp³-hybridized carbons (Fsp3) is 0.800. The molecule has 0 saturated heterocycles. The van der Waals surface area contributed by atoms with Crippen molar-refractivity contribution in [3.8, 4) is 6.07 Å². The fourth-order valence-electron chi connectivity index (χ4n) is 0.983. The number of nitrogens with zero attached hydrogens (tertiary/aromatic N) is 3. The minimum absolute atomic E-state index is 0.0662. The van der Waals surface area contributed by atoms with E-state index in [0.717, 1.165) is 0 Å². The molecule has 0 fully saturated rings. The van der Waals surface area contributed by atoms with Crippen LogP contribution in [-0.2, 0) is 4.79 Å². The van der Waals surface area contributed by atoms with Gasteiger partial charge in [-0.1, -0.05) is 0 Å². The summed E-state index contributed by atoms with van der Waals surface area (Å²) in [6.45, 7) is 7.24. The molecule has 0 N–H and O–H groups in total. The number of carbonyl (C=O) groups is 1. The van der Waals surface area contributed by atoms with Crippen molar-refractivity contribution in [3.63, 3.8) is 0 Å². The number of hydrogen-bond acceptors (Lipinski definition) is 3. The van der Waals surface area contributed by atoms with Crippen molar-refractivity contribution in [2.24, 2.45) is 0 Å². The summed E-state index contributed by atoms with van der Waals surface area (Å²) in [4.78, 5) is 15.1. The summed E-state index contributed by atoms with van der Waals surface area (Å²) in [7, 11) is 1.77. The smallest absolute Gasteiger partial charge is 0.236 e. The first-order valence-corrected chi connectivity index (χ1v) is 4.87. The topological polar surface area (TPSA) is 47.3 Å². The van der Waals surface area contributed by atoms with Gasteiger partial charge in [0.1, 0.15) is 0 Å². The summed E-state index contributed by atoms with van der Waals surface area (Å²) in [5.41, 5.74) is 0. The molecule has 0 bridgehead atoms. The maximum Gasteiger partial charge on any atom is 0.236 e. The third kappa shape index (κ3) is 4.24. The Morgan fingerprint density at radius 2 is 2.07 bits per heavy atom. The zero-order valence-corrected chi connectivity index (χ0v) is 9.45. The Hall–Kier alpha value is -1.08. The van der Waals surface area contributed by atoms with Gasteiger partial charge in [-0.2, -0.15) is 5.26 Å². The Morgan fingerprint density at radius 3 is 2.43 bits per heavy atom. The zero-order valence-electron chi connectivity index (χ0n) is 9.45. The molecular formula is C10H19N3O. The molecule has 0 aromatic rings. The second kappa shape index (κ2) is 6.39. The molecule has 0 aliphatic carbocycles. The largest absolute Gasteiger partial charge is 0.345 e. The van der Waals surface area contributed by atoms with Crippen LogP contribution in [0, 0.1) is 11.3 Å². The normalized spacial score (nSPS) is 10.4. The van der Waals surface area contributed by atoms with Crippen LogP contribution >= 0.6 is 0 Å². The third-order valence-corrected chi connectivity index (χ3v) is 2.24. The van der Waals surface area contributed by atoms with Crippen molar-refractivity contribution < 1.29 is 4.79 Å². The van der Waals surface area contributed by atoms with Crippen LogP contribution in [0.15, 0.2) is 0 Å². The molecule has 0 aliphatic heterocycles.